The van der Waals surface area contributed by atoms with Crippen molar-refractivity contribution in [3.63, 3.8) is 0 Å². The fourth-order valence-electron chi connectivity index (χ4n) is 9.31. The van der Waals surface area contributed by atoms with Crippen molar-refractivity contribution in [3.05, 3.63) is 28.6 Å². The molecule has 0 saturated carbocycles. The summed E-state index contributed by atoms with van der Waals surface area (Å²) < 4.78 is 124. The minimum Gasteiger partial charge on any atom is -0.472 e. The van der Waals surface area contributed by atoms with Crippen molar-refractivity contribution in [2.45, 2.75) is 114 Å². The molecule has 2 N–H and O–H groups in total. The summed E-state index contributed by atoms with van der Waals surface area (Å²) in [5, 5.41) is -0.116. The smallest absolute Gasteiger partial charge is 0.417 e. The highest BCUT2D eigenvalue weighted by Gasteiger charge is 2.54. The molecule has 5 aliphatic heterocycles. The zero-order chi connectivity index (χ0) is 38.8. The van der Waals surface area contributed by atoms with Crippen LogP contribution in [0.25, 0.3) is 22.2 Å². The van der Waals surface area contributed by atoms with E-state index in [4.69, 9.17) is 24.9 Å². The molecule has 54 heavy (non-hydrogen) atoms. The van der Waals surface area contributed by atoms with Gasteiger partial charge in [-0.25, -0.2) is 27.3 Å². The first-order chi connectivity index (χ1) is 25.3. The van der Waals surface area contributed by atoms with Gasteiger partial charge in [0, 0.05) is 19.5 Å². The SMILES string of the molecule is Cc1c(F)c(N)c(F)c(-c2nc3c4c(nc(OC[C@@]56CCCN5C[C@H](F)C6)nc4c2F)N2C[C@H]4CC[C@@H]([C@H]2[C@H](C)O3)N4C(=O)OC(C)(C)C)c1C(F)(F)F. The predicted octanol–water partition coefficient (Wildman–Crippen LogP) is 6.71. The quantitative estimate of drug-likeness (QED) is 0.227. The molecule has 1 aromatic carbocycles. The van der Waals surface area contributed by atoms with Crippen LogP contribution < -0.4 is 20.1 Å². The number of hydrogen-bond acceptors (Lipinski definition) is 10. The summed E-state index contributed by atoms with van der Waals surface area (Å²) in [6, 6.07) is -1.87. The van der Waals surface area contributed by atoms with Gasteiger partial charge in [0.25, 0.3) is 0 Å². The second kappa shape index (κ2) is 12.3. The van der Waals surface area contributed by atoms with E-state index in [9.17, 15) is 26.7 Å². The van der Waals surface area contributed by atoms with E-state index in [1.807, 2.05) is 9.80 Å². The maximum atomic E-state index is 17.0. The number of piperazine rings is 1. The van der Waals surface area contributed by atoms with Gasteiger partial charge in [0.2, 0.25) is 5.88 Å². The Hall–Kier alpha value is -4.35. The molecule has 0 aliphatic carbocycles. The summed E-state index contributed by atoms with van der Waals surface area (Å²) in [7, 11) is 0. The van der Waals surface area contributed by atoms with Crippen LogP contribution in [0.3, 0.4) is 0 Å². The van der Waals surface area contributed by atoms with Gasteiger partial charge in [-0.1, -0.05) is 0 Å². The molecule has 2 aromatic heterocycles. The van der Waals surface area contributed by atoms with Crippen LogP contribution in [0.15, 0.2) is 0 Å². The number of amides is 1. The number of alkyl halides is 4. The maximum absolute atomic E-state index is 17.0. The third kappa shape index (κ3) is 5.64. The Bertz CT molecular complexity index is 2060. The van der Waals surface area contributed by atoms with E-state index >= 15 is 8.78 Å². The summed E-state index contributed by atoms with van der Waals surface area (Å²) in [6.07, 6.45) is -5.04. The highest BCUT2D eigenvalue weighted by molar-refractivity contribution is 5.98. The number of ether oxygens (including phenoxy) is 3. The molecule has 11 nitrogen and oxygen atoms in total. The Morgan fingerprint density at radius 3 is 2.50 bits per heavy atom. The Morgan fingerprint density at radius 2 is 1.80 bits per heavy atom. The predicted molar refractivity (Wildman–Crippen MR) is 181 cm³/mol. The van der Waals surface area contributed by atoms with Gasteiger partial charge in [0.15, 0.2) is 17.5 Å². The van der Waals surface area contributed by atoms with Gasteiger partial charge < -0.3 is 24.8 Å². The first-order valence-electron chi connectivity index (χ1n) is 18.0. The van der Waals surface area contributed by atoms with Gasteiger partial charge in [-0.2, -0.15) is 23.1 Å². The molecule has 0 spiro atoms. The number of pyridine rings is 1. The second-order valence-electron chi connectivity index (χ2n) is 16.1. The second-order valence-corrected chi connectivity index (χ2v) is 16.1. The fraction of sp³-hybridized carbons (Fsp3) is 0.611. The van der Waals surface area contributed by atoms with Crippen molar-refractivity contribution in [2.75, 3.05) is 36.9 Å². The Morgan fingerprint density at radius 1 is 1.06 bits per heavy atom. The lowest BCUT2D eigenvalue weighted by Gasteiger charge is -2.48. The minimum absolute atomic E-state index is 0.0562. The molecule has 0 radical (unpaired) electrons. The van der Waals surface area contributed by atoms with Gasteiger partial charge in [0.05, 0.1) is 34.8 Å². The van der Waals surface area contributed by atoms with Gasteiger partial charge in [-0.3, -0.25) is 9.80 Å². The number of hydrogen-bond donors (Lipinski definition) is 1. The molecule has 3 aromatic rings. The minimum atomic E-state index is -5.36. The molecule has 4 saturated heterocycles. The topological polar surface area (TPSA) is 119 Å². The Balaban J connectivity index is 1.32. The van der Waals surface area contributed by atoms with Crippen molar-refractivity contribution in [1.29, 1.82) is 0 Å². The zero-order valence-electron chi connectivity index (χ0n) is 30.3. The number of nitrogens with two attached hydrogens (primary N) is 1. The number of carbonyl (C=O) groups excluding carboxylic acids is 1. The highest BCUT2D eigenvalue weighted by atomic mass is 19.4. The molecule has 4 fully saturated rings. The molecule has 8 rings (SSSR count). The zero-order valence-corrected chi connectivity index (χ0v) is 30.3. The van der Waals surface area contributed by atoms with Crippen molar-refractivity contribution < 1.29 is 49.7 Å². The molecule has 7 heterocycles. The summed E-state index contributed by atoms with van der Waals surface area (Å²) in [5.41, 5.74) is -3.13. The van der Waals surface area contributed by atoms with Crippen LogP contribution >= 0.6 is 0 Å². The van der Waals surface area contributed by atoms with Crippen molar-refractivity contribution in [2.24, 2.45) is 0 Å². The summed E-state index contributed by atoms with van der Waals surface area (Å²) >= 11 is 0. The molecule has 2 bridgehead atoms. The third-order valence-corrected chi connectivity index (χ3v) is 11.5. The molecular weight excluding hydrogens is 727 g/mol. The standard InChI is InChI=1S/C36H40F7N7O4/c1-15-22(36(41,42)43)20(24(39)26(44)23(15)38)27-25(40)28-21-30(47-32(46-28)52-14-35-9-6-10-48(35)12-17(37)11-35)49-13-18-7-8-19(29(49)16(2)53-31(21)45-27)50(18)33(51)54-34(3,4)5/h16-19,29H,6-14,44H2,1-5H3/t16-,17+,18+,19-,29+,35-/m0/s1. The number of fused-ring (bicyclic) bond motifs is 6. The van der Waals surface area contributed by atoms with Gasteiger partial charge in [-0.15, -0.1) is 0 Å². The van der Waals surface area contributed by atoms with E-state index in [2.05, 4.69) is 9.97 Å². The van der Waals surface area contributed by atoms with Crippen LogP contribution in [-0.2, 0) is 10.9 Å². The number of rotatable bonds is 4. The molecule has 5 aliphatic rings. The van der Waals surface area contributed by atoms with Crippen LogP contribution in [0.2, 0.25) is 0 Å². The fourth-order valence-corrected chi connectivity index (χ4v) is 9.31. The van der Waals surface area contributed by atoms with Gasteiger partial charge in [-0.05, 0) is 72.4 Å². The van der Waals surface area contributed by atoms with Gasteiger partial charge >= 0.3 is 18.3 Å². The lowest BCUT2D eigenvalue weighted by Crippen LogP contribution is -2.65. The highest BCUT2D eigenvalue weighted by Crippen LogP contribution is 2.50. The number of benzene rings is 1. The van der Waals surface area contributed by atoms with E-state index < -0.39 is 105 Å². The van der Waals surface area contributed by atoms with Crippen molar-refractivity contribution in [1.82, 2.24) is 24.8 Å². The summed E-state index contributed by atoms with van der Waals surface area (Å²) in [4.78, 5) is 32.2. The molecule has 6 atom stereocenters. The molecule has 18 heteroatoms. The molecular formula is C36H40F7N7O4. The van der Waals surface area contributed by atoms with Crippen LogP contribution in [0.5, 0.6) is 11.9 Å². The number of carbonyl (C=O) groups is 1. The average molecular weight is 768 g/mol. The number of halogens is 7. The van der Waals surface area contributed by atoms with Crippen molar-refractivity contribution in [3.8, 4) is 23.1 Å². The van der Waals surface area contributed by atoms with Crippen molar-refractivity contribution >= 4 is 28.5 Å². The number of aromatic nitrogens is 3. The van der Waals surface area contributed by atoms with E-state index in [1.165, 1.54) is 0 Å². The maximum Gasteiger partial charge on any atom is 0.417 e. The molecule has 0 unspecified atom stereocenters. The number of nitrogen functional groups attached to an aromatic ring is 1. The average Bonchev–Trinajstić information content (AvgIpc) is 3.69. The summed E-state index contributed by atoms with van der Waals surface area (Å²) in [6.45, 7) is 8.70. The van der Waals surface area contributed by atoms with Crippen LogP contribution in [-0.4, -0.2) is 98.6 Å². The van der Waals surface area contributed by atoms with E-state index in [-0.39, 0.29) is 49.4 Å². The first-order valence-corrected chi connectivity index (χ1v) is 18.0. The number of anilines is 2. The summed E-state index contributed by atoms with van der Waals surface area (Å²) in [5.74, 6) is -5.31. The largest absolute Gasteiger partial charge is 0.472 e. The van der Waals surface area contributed by atoms with Crippen LogP contribution in [0, 0.1) is 24.4 Å². The third-order valence-electron chi connectivity index (χ3n) is 11.5. The van der Waals surface area contributed by atoms with E-state index in [1.54, 1.807) is 32.6 Å². The van der Waals surface area contributed by atoms with Gasteiger partial charge in [0.1, 0.15) is 52.6 Å². The van der Waals surface area contributed by atoms with E-state index in [0.29, 0.717) is 25.8 Å². The normalized spacial score (nSPS) is 27.9. The molecule has 1 amide bonds. The lowest BCUT2D eigenvalue weighted by molar-refractivity contribution is -0.137. The monoisotopic (exact) mass is 767 g/mol. The van der Waals surface area contributed by atoms with Crippen LogP contribution in [0.4, 0.5) is 47.0 Å². The number of nitrogens with zero attached hydrogens (tertiary/aromatic N) is 6. The Labute approximate surface area is 305 Å². The van der Waals surface area contributed by atoms with E-state index in [0.717, 1.165) is 13.3 Å². The first kappa shape index (κ1) is 36.6. The van der Waals surface area contributed by atoms with Crippen LogP contribution in [0.1, 0.15) is 70.9 Å². The molecule has 292 valence electrons. The Kier molecular flexibility index (Phi) is 8.36. The lowest BCUT2D eigenvalue weighted by atomic mass is 9.95.